The third-order valence-corrected chi connectivity index (χ3v) is 3.67. The summed E-state index contributed by atoms with van der Waals surface area (Å²) < 4.78 is 10.6. The molecule has 0 bridgehead atoms. The van der Waals surface area contributed by atoms with Crippen LogP contribution in [0.1, 0.15) is 11.1 Å². The van der Waals surface area contributed by atoms with E-state index >= 15 is 0 Å². The van der Waals surface area contributed by atoms with Crippen molar-refractivity contribution in [1.82, 2.24) is 9.97 Å². The molecule has 0 atom stereocenters. The number of hydrogen-bond donors (Lipinski definition) is 0. The van der Waals surface area contributed by atoms with E-state index in [-0.39, 0.29) is 12.6 Å². The van der Waals surface area contributed by atoms with Gasteiger partial charge < -0.3 is 9.47 Å². The second-order valence-corrected chi connectivity index (χ2v) is 5.14. The Kier molecular flexibility index (Phi) is 4.91. The average molecular weight is 334 g/mol. The van der Waals surface area contributed by atoms with E-state index in [2.05, 4.69) is 9.97 Å². The third-order valence-electron chi connectivity index (χ3n) is 2.56. The Morgan fingerprint density at radius 2 is 1.85 bits per heavy atom. The summed E-state index contributed by atoms with van der Waals surface area (Å²) in [5.41, 5.74) is 1.51. The zero-order valence-electron chi connectivity index (χ0n) is 10.8. The van der Waals surface area contributed by atoms with Crippen molar-refractivity contribution >= 4 is 34.8 Å². The number of rotatable bonds is 4. The molecule has 106 valence electrons. The molecule has 0 saturated heterocycles. The van der Waals surface area contributed by atoms with Gasteiger partial charge in [0.1, 0.15) is 11.8 Å². The van der Waals surface area contributed by atoms with Crippen molar-refractivity contribution in [3.63, 3.8) is 0 Å². The van der Waals surface area contributed by atoms with Crippen LogP contribution in [0.15, 0.2) is 18.2 Å². The van der Waals surface area contributed by atoms with E-state index in [1.54, 1.807) is 19.1 Å². The first-order valence-electron chi connectivity index (χ1n) is 5.66. The van der Waals surface area contributed by atoms with E-state index in [4.69, 9.17) is 44.3 Å². The summed E-state index contributed by atoms with van der Waals surface area (Å²) in [6, 6.07) is 5.43. The SMILES string of the molecule is COc1nc(Cl)c(C)c(OCc2ccc(Cl)c(Cl)c2)n1. The molecule has 20 heavy (non-hydrogen) atoms. The summed E-state index contributed by atoms with van der Waals surface area (Å²) in [6.07, 6.45) is 0. The molecule has 0 radical (unpaired) electrons. The summed E-state index contributed by atoms with van der Waals surface area (Å²) in [6.45, 7) is 2.06. The Bertz CT molecular complexity index is 635. The molecule has 1 aromatic heterocycles. The van der Waals surface area contributed by atoms with Gasteiger partial charge in [-0.05, 0) is 24.6 Å². The minimum absolute atomic E-state index is 0.157. The van der Waals surface area contributed by atoms with E-state index in [0.29, 0.717) is 26.6 Å². The van der Waals surface area contributed by atoms with E-state index in [1.807, 2.05) is 6.07 Å². The molecule has 0 saturated carbocycles. The predicted octanol–water partition coefficient (Wildman–Crippen LogP) is 4.33. The molecule has 0 fully saturated rings. The molecule has 0 aliphatic rings. The van der Waals surface area contributed by atoms with Gasteiger partial charge in [-0.2, -0.15) is 9.97 Å². The van der Waals surface area contributed by atoms with Gasteiger partial charge in [-0.1, -0.05) is 40.9 Å². The monoisotopic (exact) mass is 332 g/mol. The molecule has 0 aliphatic heterocycles. The van der Waals surface area contributed by atoms with Crippen LogP contribution in [-0.4, -0.2) is 17.1 Å². The van der Waals surface area contributed by atoms with Crippen LogP contribution >= 0.6 is 34.8 Å². The smallest absolute Gasteiger partial charge is 0.320 e. The van der Waals surface area contributed by atoms with Crippen molar-refractivity contribution in [2.75, 3.05) is 7.11 Å². The maximum Gasteiger partial charge on any atom is 0.320 e. The van der Waals surface area contributed by atoms with Crippen LogP contribution in [-0.2, 0) is 6.61 Å². The average Bonchev–Trinajstić information content (AvgIpc) is 2.44. The number of benzene rings is 1. The molecule has 0 aliphatic carbocycles. The normalized spacial score (nSPS) is 10.4. The van der Waals surface area contributed by atoms with Crippen LogP contribution in [0.2, 0.25) is 15.2 Å². The highest BCUT2D eigenvalue weighted by Crippen LogP contribution is 2.26. The van der Waals surface area contributed by atoms with Gasteiger partial charge >= 0.3 is 6.01 Å². The summed E-state index contributed by atoms with van der Waals surface area (Å²) in [4.78, 5) is 8.05. The molecule has 2 rings (SSSR count). The molecule has 4 nitrogen and oxygen atoms in total. The zero-order chi connectivity index (χ0) is 14.7. The molecular weight excluding hydrogens is 323 g/mol. The Morgan fingerprint density at radius 1 is 1.10 bits per heavy atom. The lowest BCUT2D eigenvalue weighted by Crippen LogP contribution is -2.02. The summed E-state index contributed by atoms with van der Waals surface area (Å²) in [5.74, 6) is 0.368. The highest BCUT2D eigenvalue weighted by atomic mass is 35.5. The van der Waals surface area contributed by atoms with Gasteiger partial charge in [0.25, 0.3) is 0 Å². The van der Waals surface area contributed by atoms with Crippen LogP contribution in [0.4, 0.5) is 0 Å². The van der Waals surface area contributed by atoms with Crippen molar-refractivity contribution in [2.24, 2.45) is 0 Å². The molecule has 1 aromatic carbocycles. The van der Waals surface area contributed by atoms with E-state index in [1.165, 1.54) is 7.11 Å². The van der Waals surface area contributed by atoms with Crippen LogP contribution in [0.25, 0.3) is 0 Å². The Balaban J connectivity index is 2.18. The number of hydrogen-bond acceptors (Lipinski definition) is 4. The molecule has 0 amide bonds. The molecule has 0 unspecified atom stereocenters. The van der Waals surface area contributed by atoms with E-state index in [9.17, 15) is 0 Å². The maximum absolute atomic E-state index is 5.98. The van der Waals surface area contributed by atoms with Crippen LogP contribution < -0.4 is 9.47 Å². The van der Waals surface area contributed by atoms with Gasteiger partial charge in [0.15, 0.2) is 0 Å². The van der Waals surface area contributed by atoms with Crippen molar-refractivity contribution < 1.29 is 9.47 Å². The number of aromatic nitrogens is 2. The highest BCUT2D eigenvalue weighted by molar-refractivity contribution is 6.42. The fraction of sp³-hybridized carbons (Fsp3) is 0.231. The molecule has 1 heterocycles. The number of ether oxygens (including phenoxy) is 2. The Hall–Kier alpha value is -1.23. The first-order chi connectivity index (χ1) is 9.51. The second kappa shape index (κ2) is 6.48. The van der Waals surface area contributed by atoms with E-state index < -0.39 is 0 Å². The number of methoxy groups -OCH3 is 1. The van der Waals surface area contributed by atoms with Crippen molar-refractivity contribution in [3.8, 4) is 11.9 Å². The molecule has 2 aromatic rings. The maximum atomic E-state index is 5.98. The number of nitrogens with zero attached hydrogens (tertiary/aromatic N) is 2. The third kappa shape index (κ3) is 3.45. The summed E-state index contributed by atoms with van der Waals surface area (Å²) in [5, 5.41) is 1.27. The van der Waals surface area contributed by atoms with Crippen LogP contribution in [0, 0.1) is 6.92 Å². The first-order valence-corrected chi connectivity index (χ1v) is 6.79. The fourth-order valence-corrected chi connectivity index (χ4v) is 1.94. The van der Waals surface area contributed by atoms with Gasteiger partial charge in [-0.25, -0.2) is 0 Å². The Labute approximate surface area is 131 Å². The van der Waals surface area contributed by atoms with Crippen molar-refractivity contribution in [1.29, 1.82) is 0 Å². The van der Waals surface area contributed by atoms with Gasteiger partial charge in [-0.3, -0.25) is 0 Å². The lowest BCUT2D eigenvalue weighted by atomic mass is 10.2. The van der Waals surface area contributed by atoms with Crippen molar-refractivity contribution in [3.05, 3.63) is 44.5 Å². The highest BCUT2D eigenvalue weighted by Gasteiger charge is 2.11. The van der Waals surface area contributed by atoms with Gasteiger partial charge in [0.05, 0.1) is 17.2 Å². The second-order valence-electron chi connectivity index (χ2n) is 3.97. The molecular formula is C13H11Cl3N2O2. The van der Waals surface area contributed by atoms with Gasteiger partial charge in [0.2, 0.25) is 5.88 Å². The largest absolute Gasteiger partial charge is 0.472 e. The van der Waals surface area contributed by atoms with Gasteiger partial charge in [0, 0.05) is 5.56 Å². The number of halogens is 3. The van der Waals surface area contributed by atoms with Gasteiger partial charge in [-0.15, -0.1) is 0 Å². The first kappa shape index (κ1) is 15.2. The predicted molar refractivity (Wildman–Crippen MR) is 79.1 cm³/mol. The van der Waals surface area contributed by atoms with E-state index in [0.717, 1.165) is 5.56 Å². The quantitative estimate of drug-likeness (QED) is 0.781. The zero-order valence-corrected chi connectivity index (χ0v) is 13.1. The van der Waals surface area contributed by atoms with Crippen LogP contribution in [0.3, 0.4) is 0 Å². The standard InChI is InChI=1S/C13H11Cl3N2O2/c1-7-11(16)17-13(19-2)18-12(7)20-6-8-3-4-9(14)10(15)5-8/h3-5H,6H2,1-2H3. The molecule has 7 heteroatoms. The topological polar surface area (TPSA) is 44.2 Å². The fourth-order valence-electron chi connectivity index (χ4n) is 1.46. The summed E-state index contributed by atoms with van der Waals surface area (Å²) >= 11 is 17.8. The molecule has 0 N–H and O–H groups in total. The summed E-state index contributed by atoms with van der Waals surface area (Å²) in [7, 11) is 1.46. The van der Waals surface area contributed by atoms with Crippen molar-refractivity contribution in [2.45, 2.75) is 13.5 Å². The molecule has 0 spiro atoms. The lowest BCUT2D eigenvalue weighted by Gasteiger charge is -2.10. The lowest BCUT2D eigenvalue weighted by molar-refractivity contribution is 0.281. The Morgan fingerprint density at radius 3 is 2.50 bits per heavy atom. The van der Waals surface area contributed by atoms with Crippen LogP contribution in [0.5, 0.6) is 11.9 Å². The minimum Gasteiger partial charge on any atom is -0.472 e. The minimum atomic E-state index is 0.157.